The fourth-order valence-electron chi connectivity index (χ4n) is 1.52. The van der Waals surface area contributed by atoms with Crippen molar-refractivity contribution in [2.45, 2.75) is 32.8 Å². The molecule has 0 saturated carbocycles. The van der Waals surface area contributed by atoms with Gasteiger partial charge >= 0.3 is 5.97 Å². The number of methoxy groups -OCH3 is 1. The molecule has 1 rings (SSSR count). The highest BCUT2D eigenvalue weighted by Gasteiger charge is 2.20. The van der Waals surface area contributed by atoms with E-state index in [1.807, 2.05) is 6.92 Å². The Kier molecular flexibility index (Phi) is 5.91. The van der Waals surface area contributed by atoms with E-state index in [0.717, 1.165) is 17.8 Å². The monoisotopic (exact) mass is 286 g/mol. The van der Waals surface area contributed by atoms with Gasteiger partial charge in [0.15, 0.2) is 6.10 Å². The number of aliphatic carboxylic acids is 1. The lowest BCUT2D eigenvalue weighted by molar-refractivity contribution is -0.147. The van der Waals surface area contributed by atoms with Crippen molar-refractivity contribution >= 4 is 23.2 Å². The normalized spacial score (nSPS) is 12.2. The van der Waals surface area contributed by atoms with Gasteiger partial charge in [0.05, 0.1) is 17.2 Å². The summed E-state index contributed by atoms with van der Waals surface area (Å²) in [5.74, 6) is -1.41. The number of carboxylic acids is 1. The number of aromatic nitrogens is 1. The minimum Gasteiger partial charge on any atom is -0.479 e. The van der Waals surface area contributed by atoms with Crippen LogP contribution in [0.2, 0.25) is 0 Å². The van der Waals surface area contributed by atoms with Crippen molar-refractivity contribution in [1.29, 1.82) is 0 Å². The largest absolute Gasteiger partial charge is 0.479 e. The topological polar surface area (TPSA) is 88.5 Å². The highest BCUT2D eigenvalue weighted by molar-refractivity contribution is 7.13. The van der Waals surface area contributed by atoms with E-state index in [-0.39, 0.29) is 12.5 Å². The molecular weight excluding hydrogens is 268 g/mol. The van der Waals surface area contributed by atoms with E-state index in [1.54, 1.807) is 6.92 Å². The number of hydrogen-bond acceptors (Lipinski definition) is 5. The van der Waals surface area contributed by atoms with Gasteiger partial charge in [0, 0.05) is 7.11 Å². The van der Waals surface area contributed by atoms with Crippen molar-refractivity contribution in [2.24, 2.45) is 0 Å². The Hall–Kier alpha value is -1.47. The molecule has 2 N–H and O–H groups in total. The van der Waals surface area contributed by atoms with Crippen LogP contribution in [0, 0.1) is 6.92 Å². The van der Waals surface area contributed by atoms with E-state index in [4.69, 9.17) is 9.84 Å². The zero-order valence-electron chi connectivity index (χ0n) is 11.2. The fraction of sp³-hybridized carbons (Fsp3) is 0.583. The Balaban J connectivity index is 2.65. The number of ether oxygens (including phenoxy) is 1. The molecule has 1 atom stereocenters. The summed E-state index contributed by atoms with van der Waals surface area (Å²) in [4.78, 5) is 27.5. The zero-order chi connectivity index (χ0) is 14.4. The third-order valence-corrected chi connectivity index (χ3v) is 3.73. The second-order valence-electron chi connectivity index (χ2n) is 4.04. The number of carboxylic acid groups (broad SMARTS) is 1. The molecule has 0 radical (unpaired) electrons. The van der Waals surface area contributed by atoms with Gasteiger partial charge in [-0.25, -0.2) is 9.78 Å². The van der Waals surface area contributed by atoms with Crippen LogP contribution in [0.5, 0.6) is 0 Å². The highest BCUT2D eigenvalue weighted by atomic mass is 32.1. The van der Waals surface area contributed by atoms with Crippen molar-refractivity contribution in [3.05, 3.63) is 15.6 Å². The summed E-state index contributed by atoms with van der Waals surface area (Å²) in [6, 6.07) is 0. The van der Waals surface area contributed by atoms with Crippen LogP contribution in [0.15, 0.2) is 0 Å². The molecule has 0 aromatic carbocycles. The van der Waals surface area contributed by atoms with Crippen LogP contribution in [0.4, 0.5) is 0 Å². The van der Waals surface area contributed by atoms with Gasteiger partial charge in [-0.3, -0.25) is 4.79 Å². The first kappa shape index (κ1) is 15.6. The van der Waals surface area contributed by atoms with Gasteiger partial charge in [-0.05, 0) is 19.8 Å². The summed E-state index contributed by atoms with van der Waals surface area (Å²) in [5.41, 5.74) is 0.676. The summed E-state index contributed by atoms with van der Waals surface area (Å²) in [6.07, 6.45) is 0.778. The first-order valence-corrected chi connectivity index (χ1v) is 6.81. The molecule has 1 unspecified atom stereocenters. The quantitative estimate of drug-likeness (QED) is 0.787. The summed E-state index contributed by atoms with van der Waals surface area (Å²) in [7, 11) is 1.29. The van der Waals surface area contributed by atoms with Crippen LogP contribution in [-0.2, 0) is 16.0 Å². The van der Waals surface area contributed by atoms with Crippen molar-refractivity contribution in [3.63, 3.8) is 0 Å². The third-order valence-electron chi connectivity index (χ3n) is 2.52. The molecule has 19 heavy (non-hydrogen) atoms. The van der Waals surface area contributed by atoms with Crippen LogP contribution in [0.3, 0.4) is 0 Å². The van der Waals surface area contributed by atoms with E-state index in [9.17, 15) is 9.59 Å². The number of carbonyl (C=O) groups excluding carboxylic acids is 1. The molecule has 1 amide bonds. The van der Waals surface area contributed by atoms with Crippen molar-refractivity contribution in [3.8, 4) is 0 Å². The van der Waals surface area contributed by atoms with Crippen LogP contribution in [-0.4, -0.2) is 41.7 Å². The van der Waals surface area contributed by atoms with Gasteiger partial charge in [0.1, 0.15) is 4.88 Å². The van der Waals surface area contributed by atoms with Crippen molar-refractivity contribution in [2.75, 3.05) is 13.7 Å². The highest BCUT2D eigenvalue weighted by Crippen LogP contribution is 2.19. The molecule has 1 aromatic rings. The number of nitrogens with zero attached hydrogens (tertiary/aromatic N) is 1. The van der Waals surface area contributed by atoms with E-state index < -0.39 is 12.1 Å². The Morgan fingerprint density at radius 2 is 2.21 bits per heavy atom. The molecule has 6 nitrogen and oxygen atoms in total. The van der Waals surface area contributed by atoms with Gasteiger partial charge in [-0.15, -0.1) is 11.3 Å². The predicted octanol–water partition coefficient (Wildman–Crippen LogP) is 1.23. The maximum atomic E-state index is 11.9. The maximum Gasteiger partial charge on any atom is 0.334 e. The van der Waals surface area contributed by atoms with Crippen molar-refractivity contribution in [1.82, 2.24) is 10.3 Å². The predicted molar refractivity (Wildman–Crippen MR) is 71.6 cm³/mol. The molecule has 0 aliphatic heterocycles. The lowest BCUT2D eigenvalue weighted by Crippen LogP contribution is -2.37. The summed E-state index contributed by atoms with van der Waals surface area (Å²) >= 11 is 1.35. The summed E-state index contributed by atoms with van der Waals surface area (Å²) in [5, 5.41) is 12.3. The molecule has 0 aliphatic carbocycles. The second-order valence-corrected chi connectivity index (χ2v) is 5.13. The summed E-state index contributed by atoms with van der Waals surface area (Å²) in [6.45, 7) is 3.76. The molecular formula is C12H18N2O4S. The first-order chi connectivity index (χ1) is 8.99. The third kappa shape index (κ3) is 4.29. The van der Waals surface area contributed by atoms with E-state index in [2.05, 4.69) is 10.3 Å². The Labute approximate surface area is 115 Å². The Morgan fingerprint density at radius 3 is 2.74 bits per heavy atom. The average molecular weight is 286 g/mol. The number of nitrogens with one attached hydrogen (secondary N) is 1. The van der Waals surface area contributed by atoms with Gasteiger partial charge in [-0.1, -0.05) is 6.92 Å². The number of carbonyl (C=O) groups is 2. The molecule has 0 saturated heterocycles. The van der Waals surface area contributed by atoms with Crippen LogP contribution >= 0.6 is 11.3 Å². The molecule has 7 heteroatoms. The molecule has 0 fully saturated rings. The lowest BCUT2D eigenvalue weighted by atomic mass is 10.3. The smallest absolute Gasteiger partial charge is 0.334 e. The van der Waals surface area contributed by atoms with Crippen LogP contribution < -0.4 is 5.32 Å². The lowest BCUT2D eigenvalue weighted by Gasteiger charge is -2.10. The van der Waals surface area contributed by atoms with E-state index in [0.29, 0.717) is 10.6 Å². The SMILES string of the molecule is CCCc1nc(C)c(C(=O)NCC(OC)C(=O)O)s1. The first-order valence-electron chi connectivity index (χ1n) is 5.99. The average Bonchev–Trinajstić information content (AvgIpc) is 2.71. The number of hydrogen-bond donors (Lipinski definition) is 2. The molecule has 1 heterocycles. The Morgan fingerprint density at radius 1 is 1.53 bits per heavy atom. The standard InChI is InChI=1S/C12H18N2O4S/c1-4-5-9-14-7(2)10(19-9)11(15)13-6-8(18-3)12(16)17/h8H,4-6H2,1-3H3,(H,13,15)(H,16,17). The number of rotatable bonds is 7. The van der Waals surface area contributed by atoms with Gasteiger partial charge in [-0.2, -0.15) is 0 Å². The van der Waals surface area contributed by atoms with Crippen molar-refractivity contribution < 1.29 is 19.4 Å². The molecule has 0 aliphatic rings. The second kappa shape index (κ2) is 7.20. The van der Waals surface area contributed by atoms with Gasteiger partial charge in [0.2, 0.25) is 0 Å². The zero-order valence-corrected chi connectivity index (χ0v) is 12.0. The fourth-order valence-corrected chi connectivity index (χ4v) is 2.60. The van der Waals surface area contributed by atoms with Gasteiger partial charge < -0.3 is 15.2 Å². The molecule has 0 spiro atoms. The van der Waals surface area contributed by atoms with Crippen LogP contribution in [0.25, 0.3) is 0 Å². The van der Waals surface area contributed by atoms with Crippen LogP contribution in [0.1, 0.15) is 33.7 Å². The van der Waals surface area contributed by atoms with E-state index >= 15 is 0 Å². The molecule has 0 bridgehead atoms. The number of amides is 1. The maximum absolute atomic E-state index is 11.9. The minimum absolute atomic E-state index is 0.0644. The number of thiazole rings is 1. The minimum atomic E-state index is -1.10. The Bertz CT molecular complexity index is 459. The van der Waals surface area contributed by atoms with Gasteiger partial charge in [0.25, 0.3) is 5.91 Å². The van der Waals surface area contributed by atoms with E-state index in [1.165, 1.54) is 18.4 Å². The number of aryl methyl sites for hydroxylation is 2. The molecule has 1 aromatic heterocycles. The molecule has 106 valence electrons. The summed E-state index contributed by atoms with van der Waals surface area (Å²) < 4.78 is 4.75.